The van der Waals surface area contributed by atoms with Gasteiger partial charge >= 0.3 is 6.18 Å². The molecule has 10 nitrogen and oxygen atoms in total. The number of halogens is 3. The summed E-state index contributed by atoms with van der Waals surface area (Å²) >= 11 is 0.839. The molecule has 5 rings (SSSR count). The predicted molar refractivity (Wildman–Crippen MR) is 133 cm³/mol. The van der Waals surface area contributed by atoms with E-state index in [1.165, 1.54) is 0 Å². The molecule has 0 unspecified atom stereocenters. The van der Waals surface area contributed by atoms with E-state index < -0.39 is 38.9 Å². The molecule has 4 aromatic rings. The van der Waals surface area contributed by atoms with E-state index in [9.17, 15) is 28.1 Å². The lowest BCUT2D eigenvalue weighted by Crippen LogP contribution is -2.34. The predicted octanol–water partition coefficient (Wildman–Crippen LogP) is 5.33. The van der Waals surface area contributed by atoms with Crippen molar-refractivity contribution in [2.75, 3.05) is 25.1 Å². The second-order valence-electron chi connectivity index (χ2n) is 8.75. The number of methoxy groups -OCH3 is 1. The van der Waals surface area contributed by atoms with Crippen molar-refractivity contribution in [3.8, 4) is 17.1 Å². The molecular formula is C24H20F3N5O5S. The number of para-hydroxylation sites is 1. The zero-order valence-electron chi connectivity index (χ0n) is 20.1. The summed E-state index contributed by atoms with van der Waals surface area (Å²) in [5.41, 5.74) is -2.74. The zero-order chi connectivity index (χ0) is 27.2. The molecule has 0 saturated carbocycles. The van der Waals surface area contributed by atoms with Crippen molar-refractivity contribution in [1.29, 1.82) is 0 Å². The first-order valence-electron chi connectivity index (χ1n) is 11.5. The number of rotatable bonds is 5. The molecule has 38 heavy (non-hydrogen) atoms. The first-order chi connectivity index (χ1) is 18.1. The molecule has 1 fully saturated rings. The number of aromatic nitrogens is 3. The molecule has 2 aromatic carbocycles. The van der Waals surface area contributed by atoms with Gasteiger partial charge in [0.15, 0.2) is 5.13 Å². The molecule has 0 radical (unpaired) electrons. The van der Waals surface area contributed by atoms with E-state index in [4.69, 9.17) is 9.26 Å². The number of nitrogens with zero attached hydrogens (tertiary/aromatic N) is 5. The number of anilines is 1. The highest BCUT2D eigenvalue weighted by Crippen LogP contribution is 2.42. The van der Waals surface area contributed by atoms with Crippen LogP contribution in [0.4, 0.5) is 24.0 Å². The normalized spacial score (nSPS) is 14.7. The molecular weight excluding hydrogens is 527 g/mol. The molecule has 1 aliphatic rings. The van der Waals surface area contributed by atoms with Crippen LogP contribution < -0.4 is 15.2 Å². The van der Waals surface area contributed by atoms with Gasteiger partial charge in [0.1, 0.15) is 10.4 Å². The number of piperidine rings is 1. The van der Waals surface area contributed by atoms with Crippen LogP contribution in [0.25, 0.3) is 21.5 Å². The molecule has 0 N–H and O–H groups in total. The molecule has 1 saturated heterocycles. The standard InChI is InChI=1S/C24H20F3N5O5S/c1-12-16(24(25,26)27)11-15-19(18(12)32(34)35)38-23(29-21(15)33)31-9-7-13(8-10-31)22-28-20(30-37-22)14-5-3-4-6-17(14)36-2/h3-6,11,13H,7-10H2,1-2H3. The van der Waals surface area contributed by atoms with E-state index in [0.717, 1.165) is 18.3 Å². The Bertz CT molecular complexity index is 1590. The average Bonchev–Trinajstić information content (AvgIpc) is 3.37. The van der Waals surface area contributed by atoms with Crippen molar-refractivity contribution in [2.24, 2.45) is 0 Å². The van der Waals surface area contributed by atoms with Gasteiger partial charge in [-0.05, 0) is 38.0 Å². The van der Waals surface area contributed by atoms with E-state index in [1.807, 2.05) is 18.2 Å². The van der Waals surface area contributed by atoms with Crippen LogP contribution in [0.2, 0.25) is 0 Å². The highest BCUT2D eigenvalue weighted by molar-refractivity contribution is 7.22. The Morgan fingerprint density at radius 1 is 1.21 bits per heavy atom. The summed E-state index contributed by atoms with van der Waals surface area (Å²) in [6, 6.07) is 7.93. The third-order valence-electron chi connectivity index (χ3n) is 6.52. The molecule has 198 valence electrons. The quantitative estimate of drug-likeness (QED) is 0.241. The molecule has 0 spiro atoms. The minimum atomic E-state index is -4.85. The summed E-state index contributed by atoms with van der Waals surface area (Å²) in [5, 5.41) is 15.6. The molecule has 0 bridgehead atoms. The fourth-order valence-electron chi connectivity index (χ4n) is 4.57. The Morgan fingerprint density at radius 3 is 2.58 bits per heavy atom. The van der Waals surface area contributed by atoms with Gasteiger partial charge in [-0.15, -0.1) is 0 Å². The Labute approximate surface area is 216 Å². The number of ether oxygens (including phenoxy) is 1. The maximum Gasteiger partial charge on any atom is 0.416 e. The summed E-state index contributed by atoms with van der Waals surface area (Å²) in [5.74, 6) is 1.40. The maximum absolute atomic E-state index is 13.5. The van der Waals surface area contributed by atoms with E-state index in [1.54, 1.807) is 18.1 Å². The van der Waals surface area contributed by atoms with Crippen LogP contribution in [-0.4, -0.2) is 40.2 Å². The molecule has 14 heteroatoms. The van der Waals surface area contributed by atoms with Crippen LogP contribution in [0.15, 0.2) is 39.6 Å². The Morgan fingerprint density at radius 2 is 1.92 bits per heavy atom. The second-order valence-corrected chi connectivity index (χ2v) is 9.73. The van der Waals surface area contributed by atoms with Gasteiger partial charge in [-0.1, -0.05) is 28.6 Å². The molecule has 2 aromatic heterocycles. The van der Waals surface area contributed by atoms with Crippen molar-refractivity contribution in [2.45, 2.75) is 31.9 Å². The van der Waals surface area contributed by atoms with Crippen LogP contribution in [0.5, 0.6) is 5.75 Å². The van der Waals surface area contributed by atoms with E-state index in [2.05, 4.69) is 15.1 Å². The molecule has 0 aliphatic carbocycles. The number of fused-ring (bicyclic) bond motifs is 1. The molecule has 0 atom stereocenters. The van der Waals surface area contributed by atoms with Gasteiger partial charge < -0.3 is 14.2 Å². The van der Waals surface area contributed by atoms with E-state index in [0.29, 0.717) is 55.0 Å². The van der Waals surface area contributed by atoms with Crippen LogP contribution in [-0.2, 0) is 6.18 Å². The average molecular weight is 548 g/mol. The maximum atomic E-state index is 13.5. The summed E-state index contributed by atoms with van der Waals surface area (Å²) in [6.07, 6.45) is -3.70. The van der Waals surface area contributed by atoms with Gasteiger partial charge in [-0.2, -0.15) is 23.1 Å². The molecule has 1 aliphatic heterocycles. The zero-order valence-corrected chi connectivity index (χ0v) is 20.9. The highest BCUT2D eigenvalue weighted by atomic mass is 32.1. The number of nitro groups is 1. The van der Waals surface area contributed by atoms with Crippen LogP contribution in [0.3, 0.4) is 0 Å². The third kappa shape index (κ3) is 4.55. The monoisotopic (exact) mass is 547 g/mol. The molecule has 0 amide bonds. The van der Waals surface area contributed by atoms with Crippen LogP contribution >= 0.6 is 11.3 Å². The fraction of sp³-hybridized carbons (Fsp3) is 0.333. The van der Waals surface area contributed by atoms with Crippen molar-refractivity contribution in [1.82, 2.24) is 15.1 Å². The minimum absolute atomic E-state index is 0.0645. The van der Waals surface area contributed by atoms with Gasteiger partial charge in [0.25, 0.3) is 11.2 Å². The summed E-state index contributed by atoms with van der Waals surface area (Å²) in [7, 11) is 1.55. The van der Waals surface area contributed by atoms with Crippen LogP contribution in [0.1, 0.15) is 35.8 Å². The third-order valence-corrected chi connectivity index (χ3v) is 7.67. The smallest absolute Gasteiger partial charge is 0.416 e. The Hall–Kier alpha value is -4.07. The lowest BCUT2D eigenvalue weighted by Gasteiger charge is -2.30. The van der Waals surface area contributed by atoms with Crippen molar-refractivity contribution in [3.63, 3.8) is 0 Å². The van der Waals surface area contributed by atoms with Crippen molar-refractivity contribution >= 4 is 32.2 Å². The van der Waals surface area contributed by atoms with E-state index >= 15 is 0 Å². The Kier molecular flexibility index (Phi) is 6.51. The lowest BCUT2D eigenvalue weighted by atomic mass is 9.97. The second kappa shape index (κ2) is 9.67. The Balaban J connectivity index is 1.41. The van der Waals surface area contributed by atoms with Crippen LogP contribution in [0, 0.1) is 17.0 Å². The number of alkyl halides is 3. The first-order valence-corrected chi connectivity index (χ1v) is 12.3. The number of hydrogen-bond donors (Lipinski definition) is 0. The summed E-state index contributed by atoms with van der Waals surface area (Å²) < 4.78 is 51.1. The number of benzene rings is 2. The van der Waals surface area contributed by atoms with Crippen molar-refractivity contribution < 1.29 is 27.4 Å². The molecule has 3 heterocycles. The van der Waals surface area contributed by atoms with Gasteiger partial charge in [-0.25, -0.2) is 0 Å². The van der Waals surface area contributed by atoms with Gasteiger partial charge in [-0.3, -0.25) is 14.9 Å². The largest absolute Gasteiger partial charge is 0.496 e. The lowest BCUT2D eigenvalue weighted by molar-refractivity contribution is -0.383. The van der Waals surface area contributed by atoms with Gasteiger partial charge in [0.2, 0.25) is 11.7 Å². The SMILES string of the molecule is COc1ccccc1-c1noc(C2CCN(c3nc(=O)c4cc(C(F)(F)F)c(C)c([N+](=O)[O-])c4s3)CC2)n1. The highest BCUT2D eigenvalue weighted by Gasteiger charge is 2.38. The van der Waals surface area contributed by atoms with Gasteiger partial charge in [0.05, 0.1) is 28.5 Å². The number of nitro benzene ring substituents is 1. The number of hydrogen-bond acceptors (Lipinski definition) is 10. The summed E-state index contributed by atoms with van der Waals surface area (Å²) in [4.78, 5) is 33.9. The first kappa shape index (κ1) is 25.6. The fourth-order valence-corrected chi connectivity index (χ4v) is 5.78. The van der Waals surface area contributed by atoms with Crippen molar-refractivity contribution in [3.05, 3.63) is 67.8 Å². The van der Waals surface area contributed by atoms with E-state index in [-0.39, 0.29) is 15.7 Å². The summed E-state index contributed by atoms with van der Waals surface area (Å²) in [6.45, 7) is 1.89. The topological polar surface area (TPSA) is 124 Å². The van der Waals surface area contributed by atoms with Gasteiger partial charge in [0, 0.05) is 24.6 Å². The minimum Gasteiger partial charge on any atom is -0.496 e.